The van der Waals surface area contributed by atoms with Crippen molar-refractivity contribution < 1.29 is 10.0 Å². The number of nitro groups is 1. The van der Waals surface area contributed by atoms with Gasteiger partial charge < -0.3 is 15.2 Å². The van der Waals surface area contributed by atoms with Gasteiger partial charge in [0.2, 0.25) is 0 Å². The van der Waals surface area contributed by atoms with Gasteiger partial charge in [-0.2, -0.15) is 0 Å². The molecule has 1 aliphatic heterocycles. The van der Waals surface area contributed by atoms with Crippen molar-refractivity contribution in [3.63, 3.8) is 0 Å². The molecule has 1 aromatic rings. The van der Waals surface area contributed by atoms with Crippen molar-refractivity contribution in [2.75, 3.05) is 6.54 Å². The van der Waals surface area contributed by atoms with E-state index in [1.807, 2.05) is 0 Å². The minimum absolute atomic E-state index is 0.205. The van der Waals surface area contributed by atoms with Crippen LogP contribution in [0.15, 0.2) is 12.4 Å². The highest BCUT2D eigenvalue weighted by Crippen LogP contribution is 2.39. The predicted molar refractivity (Wildman–Crippen MR) is 72.3 cm³/mol. The van der Waals surface area contributed by atoms with Crippen LogP contribution >= 0.6 is 0 Å². The van der Waals surface area contributed by atoms with Crippen LogP contribution in [0.4, 0.5) is 5.95 Å². The summed E-state index contributed by atoms with van der Waals surface area (Å²) in [5.74, 6) is -0.205. The summed E-state index contributed by atoms with van der Waals surface area (Å²) in [6.45, 7) is 0.830. The fourth-order valence-electron chi connectivity index (χ4n) is 3.41. The number of imidazole rings is 1. The third-order valence-electron chi connectivity index (χ3n) is 4.39. The molecule has 3 rings (SSSR count). The van der Waals surface area contributed by atoms with Crippen LogP contribution in [0.5, 0.6) is 0 Å². The van der Waals surface area contributed by atoms with Gasteiger partial charge in [0.1, 0.15) is 12.4 Å². The Morgan fingerprint density at radius 3 is 2.70 bits per heavy atom. The molecule has 0 aromatic carbocycles. The molecule has 3 atom stereocenters. The Hall–Kier alpha value is -1.47. The van der Waals surface area contributed by atoms with Gasteiger partial charge in [0.05, 0.1) is 12.6 Å². The summed E-state index contributed by atoms with van der Waals surface area (Å²) in [6, 6.07) is 1.26. The van der Waals surface area contributed by atoms with Crippen molar-refractivity contribution in [1.82, 2.24) is 14.5 Å². The van der Waals surface area contributed by atoms with Crippen molar-refractivity contribution in [2.24, 2.45) is 0 Å². The zero-order chi connectivity index (χ0) is 14.1. The number of aromatic nitrogens is 2. The molecule has 2 fully saturated rings. The molecule has 7 nitrogen and oxygen atoms in total. The summed E-state index contributed by atoms with van der Waals surface area (Å²) in [5, 5.41) is 20.9. The molecule has 2 aliphatic rings. The Bertz CT molecular complexity index is 478. The second-order valence-electron chi connectivity index (χ2n) is 5.76. The summed E-state index contributed by atoms with van der Waals surface area (Å²) < 4.78 is 1.41. The zero-order valence-corrected chi connectivity index (χ0v) is 11.4. The number of β-amino-alcohol motifs (C(OH)–C–C–N with tert-alkyl or cyclic N) is 1. The standard InChI is InChI=1S/C13H20N4O3/c18-10(8-15-7-6-14-13(15)17(19)20)9-16-11-4-2-1-3-5-12(11)16/h6-7,10-12,18H,1-5,8-9H2. The largest absolute Gasteiger partial charge is 0.434 e. The van der Waals surface area contributed by atoms with Crippen LogP contribution in [0, 0.1) is 10.1 Å². The van der Waals surface area contributed by atoms with E-state index in [0.29, 0.717) is 18.6 Å². The first-order chi connectivity index (χ1) is 9.66. The average Bonchev–Trinajstić information content (AvgIpc) is 2.91. The molecule has 2 heterocycles. The van der Waals surface area contributed by atoms with Gasteiger partial charge in [-0.15, -0.1) is 0 Å². The Morgan fingerprint density at radius 1 is 1.35 bits per heavy atom. The maximum atomic E-state index is 10.8. The predicted octanol–water partition coefficient (Wildman–Crippen LogP) is 1.17. The lowest BCUT2D eigenvalue weighted by atomic mass is 10.2. The summed E-state index contributed by atoms with van der Waals surface area (Å²) in [5.41, 5.74) is 0. The lowest BCUT2D eigenvalue weighted by Gasteiger charge is -2.12. The van der Waals surface area contributed by atoms with Gasteiger partial charge in [-0.25, -0.2) is 4.57 Å². The summed E-state index contributed by atoms with van der Waals surface area (Å²) in [7, 11) is 0. The number of aliphatic hydroxyl groups is 1. The molecule has 3 unspecified atom stereocenters. The van der Waals surface area contributed by atoms with Crippen LogP contribution in [-0.2, 0) is 6.54 Å². The first kappa shape index (κ1) is 13.5. The van der Waals surface area contributed by atoms with Gasteiger partial charge in [-0.05, 0) is 17.8 Å². The van der Waals surface area contributed by atoms with E-state index < -0.39 is 11.0 Å². The van der Waals surface area contributed by atoms with E-state index >= 15 is 0 Å². The molecule has 110 valence electrons. The first-order valence-electron chi connectivity index (χ1n) is 7.26. The molecule has 0 spiro atoms. The van der Waals surface area contributed by atoms with Crippen LogP contribution in [-0.4, -0.2) is 49.2 Å². The second kappa shape index (κ2) is 5.49. The number of fused-ring (bicyclic) bond motifs is 1. The van der Waals surface area contributed by atoms with Crippen molar-refractivity contribution in [1.29, 1.82) is 0 Å². The third kappa shape index (κ3) is 2.69. The topological polar surface area (TPSA) is 84.2 Å². The van der Waals surface area contributed by atoms with Crippen LogP contribution in [0.1, 0.15) is 32.1 Å². The van der Waals surface area contributed by atoms with E-state index in [0.717, 1.165) is 0 Å². The first-order valence-corrected chi connectivity index (χ1v) is 7.26. The Balaban J connectivity index is 1.54. The zero-order valence-electron chi connectivity index (χ0n) is 11.4. The van der Waals surface area contributed by atoms with Crippen molar-refractivity contribution >= 4 is 5.95 Å². The molecular formula is C13H20N4O3. The van der Waals surface area contributed by atoms with E-state index in [-0.39, 0.29) is 12.5 Å². The molecular weight excluding hydrogens is 260 g/mol. The van der Waals surface area contributed by atoms with E-state index in [4.69, 9.17) is 0 Å². The van der Waals surface area contributed by atoms with Crippen molar-refractivity contribution in [3.05, 3.63) is 22.5 Å². The van der Waals surface area contributed by atoms with Gasteiger partial charge in [0.25, 0.3) is 0 Å². The monoisotopic (exact) mass is 280 g/mol. The van der Waals surface area contributed by atoms with Gasteiger partial charge in [-0.1, -0.05) is 24.2 Å². The smallest absolute Gasteiger partial charge is 0.390 e. The molecule has 0 amide bonds. The quantitative estimate of drug-likeness (QED) is 0.497. The molecule has 1 aliphatic carbocycles. The molecule has 1 aromatic heterocycles. The SMILES string of the molecule is O=[N+]([O-])c1nccn1CC(O)CN1C2CCCCCC21. The number of nitrogens with zero attached hydrogens (tertiary/aromatic N) is 4. The van der Waals surface area contributed by atoms with Gasteiger partial charge >= 0.3 is 5.95 Å². The highest BCUT2D eigenvalue weighted by Gasteiger charge is 2.47. The average molecular weight is 280 g/mol. The number of aliphatic hydroxyl groups excluding tert-OH is 1. The molecule has 20 heavy (non-hydrogen) atoms. The van der Waals surface area contributed by atoms with E-state index in [9.17, 15) is 15.2 Å². The lowest BCUT2D eigenvalue weighted by Crippen LogP contribution is -2.26. The molecule has 1 saturated carbocycles. The fraction of sp³-hybridized carbons (Fsp3) is 0.769. The molecule has 1 saturated heterocycles. The van der Waals surface area contributed by atoms with Crippen LogP contribution in [0.25, 0.3) is 0 Å². The summed E-state index contributed by atoms with van der Waals surface area (Å²) in [6.07, 6.45) is 8.68. The summed E-state index contributed by atoms with van der Waals surface area (Å²) in [4.78, 5) is 16.3. The maximum Gasteiger partial charge on any atom is 0.434 e. The second-order valence-corrected chi connectivity index (χ2v) is 5.76. The molecule has 0 radical (unpaired) electrons. The Kier molecular flexibility index (Phi) is 3.71. The third-order valence-corrected chi connectivity index (χ3v) is 4.39. The van der Waals surface area contributed by atoms with E-state index in [1.165, 1.54) is 42.9 Å². The van der Waals surface area contributed by atoms with E-state index in [1.54, 1.807) is 6.20 Å². The van der Waals surface area contributed by atoms with Gasteiger partial charge in [0, 0.05) is 18.6 Å². The number of rotatable bonds is 5. The van der Waals surface area contributed by atoms with Crippen LogP contribution < -0.4 is 0 Å². The number of hydrogen-bond donors (Lipinski definition) is 1. The normalized spacial score (nSPS) is 30.4. The van der Waals surface area contributed by atoms with Gasteiger partial charge in [-0.3, -0.25) is 4.90 Å². The van der Waals surface area contributed by atoms with Crippen LogP contribution in [0.2, 0.25) is 0 Å². The number of hydrogen-bond acceptors (Lipinski definition) is 5. The number of likely N-dealkylation sites (tertiary alicyclic amines) is 1. The molecule has 1 N–H and O–H groups in total. The minimum atomic E-state index is -0.588. The fourth-order valence-corrected chi connectivity index (χ4v) is 3.41. The highest BCUT2D eigenvalue weighted by molar-refractivity contribution is 5.07. The van der Waals surface area contributed by atoms with E-state index in [2.05, 4.69) is 9.88 Å². The van der Waals surface area contributed by atoms with Crippen molar-refractivity contribution in [2.45, 2.75) is 56.8 Å². The lowest BCUT2D eigenvalue weighted by molar-refractivity contribution is -0.397. The van der Waals surface area contributed by atoms with Gasteiger partial charge in [0.15, 0.2) is 0 Å². The molecule has 0 bridgehead atoms. The Labute approximate surface area is 117 Å². The maximum absolute atomic E-state index is 10.8. The van der Waals surface area contributed by atoms with Crippen LogP contribution in [0.3, 0.4) is 0 Å². The van der Waals surface area contributed by atoms with Crippen molar-refractivity contribution in [3.8, 4) is 0 Å². The summed E-state index contributed by atoms with van der Waals surface area (Å²) >= 11 is 0. The molecule has 7 heteroatoms. The highest BCUT2D eigenvalue weighted by atomic mass is 16.6. The minimum Gasteiger partial charge on any atom is -0.390 e. The Morgan fingerprint density at radius 2 is 2.05 bits per heavy atom.